The molecule has 0 aliphatic carbocycles. The summed E-state index contributed by atoms with van der Waals surface area (Å²) in [6.07, 6.45) is 0.379. The van der Waals surface area contributed by atoms with E-state index in [0.29, 0.717) is 29.1 Å². The number of nitrogens with two attached hydrogens (primary N) is 1. The van der Waals surface area contributed by atoms with E-state index in [0.717, 1.165) is 27.5 Å². The summed E-state index contributed by atoms with van der Waals surface area (Å²) in [6, 6.07) is 21.1. The van der Waals surface area contributed by atoms with Crippen molar-refractivity contribution in [3.05, 3.63) is 95.2 Å². The number of carbonyl (C=O) groups is 3. The second kappa shape index (κ2) is 12.8. The van der Waals surface area contributed by atoms with Crippen molar-refractivity contribution >= 4 is 56.6 Å². The number of para-hydroxylation sites is 2. The molecule has 224 valence electrons. The predicted octanol–water partition coefficient (Wildman–Crippen LogP) is 4.45. The van der Waals surface area contributed by atoms with Gasteiger partial charge in [0.25, 0.3) is 11.8 Å². The third kappa shape index (κ3) is 6.13. The molecule has 6 N–H and O–H groups in total. The zero-order valence-electron chi connectivity index (χ0n) is 24.5. The maximum absolute atomic E-state index is 13.2. The number of carbonyl (C=O) groups excluding carboxylic acids is 3. The highest BCUT2D eigenvalue weighted by Crippen LogP contribution is 2.34. The molecule has 0 saturated carbocycles. The Hall–Kier alpha value is -5.55. The van der Waals surface area contributed by atoms with Crippen LogP contribution in [0.4, 0.5) is 17.1 Å². The molecule has 0 aliphatic heterocycles. The van der Waals surface area contributed by atoms with Crippen molar-refractivity contribution in [1.82, 2.24) is 15.3 Å². The summed E-state index contributed by atoms with van der Waals surface area (Å²) in [4.78, 5) is 47.3. The SMILES string of the molecule is CCc1nc(OC)c(C(N)=O)cc1C(=O)NC(C)C(=O)Nc1cc(CO)cc(Nc2c3ccccc3nc3ccccc23)c1. The molecule has 0 aliphatic rings. The molecule has 2 heterocycles. The zero-order chi connectivity index (χ0) is 31.4. The standard InChI is InChI=1S/C33H32N6O5/c1-4-26-24(16-25(30(34)41)33(39-26)44-3)32(43)35-18(2)31(42)37-21-14-19(17-40)13-20(15-21)36-29-22-9-5-7-11-27(22)38-28-12-8-6-10-23(28)29/h5-16,18,40H,4,17H2,1-3H3,(H2,34,41)(H,35,43)(H,36,38)(H,37,42). The Labute approximate surface area is 253 Å². The van der Waals surface area contributed by atoms with Gasteiger partial charge in [-0.15, -0.1) is 0 Å². The Bertz CT molecular complexity index is 1850. The normalized spacial score (nSPS) is 11.6. The molecule has 11 heteroatoms. The lowest BCUT2D eigenvalue weighted by Crippen LogP contribution is -2.42. The first kappa shape index (κ1) is 29.9. The van der Waals surface area contributed by atoms with Gasteiger partial charge in [-0.3, -0.25) is 14.4 Å². The van der Waals surface area contributed by atoms with Crippen LogP contribution in [-0.2, 0) is 17.8 Å². The molecule has 5 rings (SSSR count). The summed E-state index contributed by atoms with van der Waals surface area (Å²) in [6.45, 7) is 3.08. The number of ether oxygens (including phenoxy) is 1. The Kier molecular flexibility index (Phi) is 8.68. The molecule has 3 amide bonds. The van der Waals surface area contributed by atoms with Gasteiger partial charge in [0.05, 0.1) is 41.7 Å². The number of nitrogens with zero attached hydrogens (tertiary/aromatic N) is 2. The average molecular weight is 593 g/mol. The third-order valence-electron chi connectivity index (χ3n) is 7.15. The summed E-state index contributed by atoms with van der Waals surface area (Å²) in [5, 5.41) is 20.8. The van der Waals surface area contributed by atoms with Crippen LogP contribution in [0.25, 0.3) is 21.8 Å². The first-order chi connectivity index (χ1) is 21.2. The molecule has 2 aromatic heterocycles. The van der Waals surface area contributed by atoms with Gasteiger partial charge in [0.15, 0.2) is 0 Å². The number of aryl methyl sites for hydroxylation is 1. The fourth-order valence-corrected chi connectivity index (χ4v) is 4.97. The number of hydrogen-bond donors (Lipinski definition) is 5. The summed E-state index contributed by atoms with van der Waals surface area (Å²) in [5.74, 6) is -1.85. The van der Waals surface area contributed by atoms with E-state index in [1.54, 1.807) is 25.1 Å². The number of methoxy groups -OCH3 is 1. The summed E-state index contributed by atoms with van der Waals surface area (Å²) in [7, 11) is 1.36. The Morgan fingerprint density at radius 3 is 2.14 bits per heavy atom. The topological polar surface area (TPSA) is 169 Å². The quantitative estimate of drug-likeness (QED) is 0.148. The molecule has 0 spiro atoms. The van der Waals surface area contributed by atoms with Crippen LogP contribution < -0.4 is 26.4 Å². The van der Waals surface area contributed by atoms with Crippen molar-refractivity contribution in [2.24, 2.45) is 5.73 Å². The summed E-state index contributed by atoms with van der Waals surface area (Å²) < 4.78 is 5.14. The minimum atomic E-state index is -0.964. The van der Waals surface area contributed by atoms with Gasteiger partial charge in [-0.25, -0.2) is 9.97 Å². The first-order valence-electron chi connectivity index (χ1n) is 14.0. The molecule has 5 aromatic rings. The van der Waals surface area contributed by atoms with Crippen LogP contribution in [0.5, 0.6) is 5.88 Å². The van der Waals surface area contributed by atoms with Crippen molar-refractivity contribution in [3.8, 4) is 5.88 Å². The lowest BCUT2D eigenvalue weighted by Gasteiger charge is -2.18. The average Bonchev–Trinajstić information content (AvgIpc) is 3.03. The van der Waals surface area contributed by atoms with E-state index in [1.807, 2.05) is 48.5 Å². The van der Waals surface area contributed by atoms with Crippen LogP contribution in [-0.4, -0.2) is 45.9 Å². The van der Waals surface area contributed by atoms with E-state index in [9.17, 15) is 19.5 Å². The number of anilines is 3. The molecule has 3 aromatic carbocycles. The van der Waals surface area contributed by atoms with E-state index in [1.165, 1.54) is 20.1 Å². The minimum Gasteiger partial charge on any atom is -0.480 e. The highest BCUT2D eigenvalue weighted by Gasteiger charge is 2.23. The van der Waals surface area contributed by atoms with Crippen LogP contribution in [0.3, 0.4) is 0 Å². The van der Waals surface area contributed by atoms with Gasteiger partial charge in [0.1, 0.15) is 11.6 Å². The van der Waals surface area contributed by atoms with Gasteiger partial charge in [0.2, 0.25) is 11.8 Å². The number of aromatic nitrogens is 2. The van der Waals surface area contributed by atoms with Crippen LogP contribution in [0.2, 0.25) is 0 Å². The summed E-state index contributed by atoms with van der Waals surface area (Å²) >= 11 is 0. The van der Waals surface area contributed by atoms with Crippen molar-refractivity contribution in [2.75, 3.05) is 17.7 Å². The van der Waals surface area contributed by atoms with Gasteiger partial charge in [0, 0.05) is 22.1 Å². The van der Waals surface area contributed by atoms with Gasteiger partial charge in [-0.2, -0.15) is 0 Å². The number of aliphatic hydroxyl groups is 1. The van der Waals surface area contributed by atoms with Crippen LogP contribution in [0.15, 0.2) is 72.8 Å². The first-order valence-corrected chi connectivity index (χ1v) is 14.0. The number of pyridine rings is 2. The fourth-order valence-electron chi connectivity index (χ4n) is 4.97. The van der Waals surface area contributed by atoms with Gasteiger partial charge < -0.3 is 31.5 Å². The number of fused-ring (bicyclic) bond motifs is 2. The molecular weight excluding hydrogens is 560 g/mol. The van der Waals surface area contributed by atoms with Gasteiger partial charge >= 0.3 is 0 Å². The molecular formula is C33H32N6O5. The van der Waals surface area contributed by atoms with Gasteiger partial charge in [-0.05, 0) is 55.3 Å². The second-order valence-electron chi connectivity index (χ2n) is 10.2. The predicted molar refractivity (Wildman–Crippen MR) is 169 cm³/mol. The van der Waals surface area contributed by atoms with Crippen molar-refractivity contribution < 1.29 is 24.2 Å². The fraction of sp³-hybridized carbons (Fsp3) is 0.182. The van der Waals surface area contributed by atoms with Crippen LogP contribution in [0, 0.1) is 0 Å². The summed E-state index contributed by atoms with van der Waals surface area (Å²) in [5.41, 5.74) is 10.0. The molecule has 44 heavy (non-hydrogen) atoms. The molecule has 0 bridgehead atoms. The Morgan fingerprint density at radius 1 is 0.909 bits per heavy atom. The lowest BCUT2D eigenvalue weighted by atomic mass is 10.1. The van der Waals surface area contributed by atoms with E-state index in [-0.39, 0.29) is 23.6 Å². The minimum absolute atomic E-state index is 0.0256. The number of amides is 3. The Balaban J connectivity index is 1.39. The number of hydrogen-bond acceptors (Lipinski definition) is 8. The van der Waals surface area contributed by atoms with E-state index in [4.69, 9.17) is 15.5 Å². The van der Waals surface area contributed by atoms with Gasteiger partial charge in [-0.1, -0.05) is 43.3 Å². The molecule has 0 radical (unpaired) electrons. The zero-order valence-corrected chi connectivity index (χ0v) is 24.5. The number of primary amides is 1. The van der Waals surface area contributed by atoms with Crippen LogP contribution >= 0.6 is 0 Å². The molecule has 1 atom stereocenters. The molecule has 11 nitrogen and oxygen atoms in total. The highest BCUT2D eigenvalue weighted by molar-refractivity contribution is 6.09. The number of nitrogens with one attached hydrogen (secondary N) is 3. The monoisotopic (exact) mass is 592 g/mol. The van der Waals surface area contributed by atoms with E-state index >= 15 is 0 Å². The second-order valence-corrected chi connectivity index (χ2v) is 10.2. The van der Waals surface area contributed by atoms with Crippen molar-refractivity contribution in [2.45, 2.75) is 32.9 Å². The highest BCUT2D eigenvalue weighted by atomic mass is 16.5. The third-order valence-corrected chi connectivity index (χ3v) is 7.15. The van der Waals surface area contributed by atoms with Crippen LogP contribution in [0.1, 0.15) is 45.8 Å². The van der Waals surface area contributed by atoms with E-state index < -0.39 is 23.8 Å². The maximum atomic E-state index is 13.2. The number of aliphatic hydroxyl groups excluding tert-OH is 1. The molecule has 0 saturated heterocycles. The van der Waals surface area contributed by atoms with Crippen molar-refractivity contribution in [3.63, 3.8) is 0 Å². The largest absolute Gasteiger partial charge is 0.480 e. The molecule has 1 unspecified atom stereocenters. The van der Waals surface area contributed by atoms with Crippen molar-refractivity contribution in [1.29, 1.82) is 0 Å². The number of benzene rings is 3. The maximum Gasteiger partial charge on any atom is 0.254 e. The molecule has 0 fully saturated rings. The Morgan fingerprint density at radius 2 is 1.55 bits per heavy atom. The van der Waals surface area contributed by atoms with E-state index in [2.05, 4.69) is 20.9 Å². The smallest absolute Gasteiger partial charge is 0.254 e. The number of rotatable bonds is 10. The lowest BCUT2D eigenvalue weighted by molar-refractivity contribution is -0.117.